The van der Waals surface area contributed by atoms with Crippen molar-refractivity contribution in [2.75, 3.05) is 26.4 Å². The first-order valence-electron chi connectivity index (χ1n) is 30.6. The van der Waals surface area contributed by atoms with Crippen LogP contribution in [0, 0.1) is 0 Å². The molecule has 3 saturated heterocycles. The molecule has 458 valence electrons. The van der Waals surface area contributed by atoms with Gasteiger partial charge in [0, 0.05) is 6.42 Å². The van der Waals surface area contributed by atoms with Crippen molar-refractivity contribution in [2.24, 2.45) is 0 Å². The summed E-state index contributed by atoms with van der Waals surface area (Å²) in [6, 6.07) is -0.974. The zero-order valence-electron chi connectivity index (χ0n) is 47.7. The van der Waals surface area contributed by atoms with Gasteiger partial charge in [-0.25, -0.2) is 0 Å². The van der Waals surface area contributed by atoms with Crippen molar-refractivity contribution in [3.8, 4) is 0 Å². The summed E-state index contributed by atoms with van der Waals surface area (Å²) in [6.45, 7) is 1.71. The highest BCUT2D eigenvalue weighted by atomic mass is 16.8. The molecule has 19 heteroatoms. The molecule has 0 aromatic heterocycles. The third kappa shape index (κ3) is 26.7. The first-order valence-corrected chi connectivity index (χ1v) is 30.6. The van der Waals surface area contributed by atoms with E-state index in [2.05, 4.69) is 31.3 Å². The van der Waals surface area contributed by atoms with Gasteiger partial charge >= 0.3 is 0 Å². The van der Waals surface area contributed by atoms with Crippen LogP contribution in [0.2, 0.25) is 0 Å². The monoisotopic (exact) mass is 1120 g/mol. The fourth-order valence-electron chi connectivity index (χ4n) is 10.4. The fourth-order valence-corrected chi connectivity index (χ4v) is 10.4. The number of carbonyl (C=O) groups excluding carboxylic acids is 1. The van der Waals surface area contributed by atoms with Crippen molar-refractivity contribution in [2.45, 2.75) is 317 Å². The van der Waals surface area contributed by atoms with E-state index in [-0.39, 0.29) is 18.9 Å². The third-order valence-corrected chi connectivity index (χ3v) is 15.5. The quantitative estimate of drug-likeness (QED) is 0.0263. The van der Waals surface area contributed by atoms with E-state index in [4.69, 9.17) is 28.4 Å². The highest BCUT2D eigenvalue weighted by Gasteiger charge is 2.53. The Hall–Kier alpha value is -1.73. The molecule has 1 amide bonds. The van der Waals surface area contributed by atoms with Crippen molar-refractivity contribution in [1.82, 2.24) is 5.32 Å². The number of allylic oxidation sites excluding steroid dienone is 3. The van der Waals surface area contributed by atoms with Gasteiger partial charge in [-0.1, -0.05) is 186 Å². The zero-order valence-corrected chi connectivity index (χ0v) is 47.7. The summed E-state index contributed by atoms with van der Waals surface area (Å²) in [7, 11) is 0. The molecule has 3 aliphatic rings. The number of rotatable bonds is 45. The molecule has 3 heterocycles. The normalized spacial score (nSPS) is 30.6. The second-order valence-corrected chi connectivity index (χ2v) is 22.2. The minimum Gasteiger partial charge on any atom is -0.394 e. The van der Waals surface area contributed by atoms with Crippen LogP contribution >= 0.6 is 0 Å². The molecule has 17 atom stereocenters. The standard InChI is InChI=1S/C59H109NO18/c1-3-5-7-9-11-13-15-17-19-20-21-22-23-24-26-28-30-32-34-36-43(64)42(60-47(65)37-35-33-31-29-27-25-18-16-14-12-10-8-6-4-2)41-73-57-53(71)50(68)55(45(39-62)75-57)78-59-54(72)51(69)56(46(40-63)76-59)77-58-52(70)49(67)48(66)44(38-61)74-58/h16,18,34,36,42-46,48-59,61-64,66-72H,3-15,17,19-33,35,37-41H2,1-2H3,(H,60,65)/b18-16-,36-34+. The topological polar surface area (TPSA) is 307 Å². The summed E-state index contributed by atoms with van der Waals surface area (Å²) >= 11 is 0. The lowest BCUT2D eigenvalue weighted by atomic mass is 9.96. The molecule has 78 heavy (non-hydrogen) atoms. The van der Waals surface area contributed by atoms with Crippen molar-refractivity contribution in [3.05, 3.63) is 24.3 Å². The van der Waals surface area contributed by atoms with Gasteiger partial charge in [-0.05, 0) is 44.9 Å². The molecule has 0 radical (unpaired) electrons. The number of unbranched alkanes of at least 4 members (excludes halogenated alkanes) is 27. The molecule has 3 fully saturated rings. The Balaban J connectivity index is 1.51. The number of hydrogen-bond acceptors (Lipinski definition) is 18. The maximum absolute atomic E-state index is 13.3. The summed E-state index contributed by atoms with van der Waals surface area (Å²) in [6.07, 6.45) is 17.3. The van der Waals surface area contributed by atoms with Crippen molar-refractivity contribution < 1.29 is 89.4 Å². The first-order chi connectivity index (χ1) is 37.8. The van der Waals surface area contributed by atoms with E-state index in [1.807, 2.05) is 6.08 Å². The van der Waals surface area contributed by atoms with E-state index >= 15 is 0 Å². The Morgan fingerprint density at radius 3 is 1.24 bits per heavy atom. The predicted octanol–water partition coefficient (Wildman–Crippen LogP) is 5.54. The van der Waals surface area contributed by atoms with Gasteiger partial charge < -0.3 is 89.9 Å². The minimum absolute atomic E-state index is 0.235. The molecular formula is C59H109NO18. The average Bonchev–Trinajstić information content (AvgIpc) is 3.47. The summed E-state index contributed by atoms with van der Waals surface area (Å²) in [5.41, 5.74) is 0. The molecule has 0 aromatic rings. The molecule has 0 aromatic carbocycles. The van der Waals surface area contributed by atoms with Gasteiger partial charge in [0.05, 0.1) is 38.6 Å². The third-order valence-electron chi connectivity index (χ3n) is 15.5. The summed E-state index contributed by atoms with van der Waals surface area (Å²) in [4.78, 5) is 13.3. The SMILES string of the molecule is CCCCCCC/C=C\CCCCCCCC(=O)NC(COC1OC(CO)C(OC2OC(CO)C(OC3OC(CO)C(O)C(O)C3O)C(O)C2O)C(O)C1O)C(O)/C=C/CCCCCCCCCCCCCCCCCCC. The maximum Gasteiger partial charge on any atom is 0.220 e. The Kier molecular flexibility index (Phi) is 38.9. The smallest absolute Gasteiger partial charge is 0.220 e. The van der Waals surface area contributed by atoms with Crippen LogP contribution in [-0.2, 0) is 33.2 Å². The van der Waals surface area contributed by atoms with E-state index in [1.54, 1.807) is 6.08 Å². The summed E-state index contributed by atoms with van der Waals surface area (Å²) in [5, 5.41) is 120. The molecule has 3 aliphatic heterocycles. The first kappa shape index (κ1) is 70.5. The molecule has 0 saturated carbocycles. The van der Waals surface area contributed by atoms with Crippen LogP contribution in [0.25, 0.3) is 0 Å². The minimum atomic E-state index is -1.98. The Morgan fingerprint density at radius 1 is 0.449 bits per heavy atom. The molecule has 3 rings (SSSR count). The number of amides is 1. The van der Waals surface area contributed by atoms with Gasteiger partial charge in [0.1, 0.15) is 73.2 Å². The predicted molar refractivity (Wildman–Crippen MR) is 296 cm³/mol. The molecule has 0 aliphatic carbocycles. The van der Waals surface area contributed by atoms with Crippen molar-refractivity contribution >= 4 is 5.91 Å². The van der Waals surface area contributed by atoms with Gasteiger partial charge in [-0.15, -0.1) is 0 Å². The molecular weight excluding hydrogens is 1010 g/mol. The van der Waals surface area contributed by atoms with E-state index in [1.165, 1.54) is 122 Å². The number of aliphatic hydroxyl groups is 11. The van der Waals surface area contributed by atoms with Crippen LogP contribution in [0.15, 0.2) is 24.3 Å². The Bertz CT molecular complexity index is 1530. The second kappa shape index (κ2) is 43.0. The molecule has 19 nitrogen and oxygen atoms in total. The molecule has 17 unspecified atom stereocenters. The largest absolute Gasteiger partial charge is 0.394 e. The number of carbonyl (C=O) groups is 1. The van der Waals surface area contributed by atoms with E-state index in [0.717, 1.165) is 64.2 Å². The van der Waals surface area contributed by atoms with Crippen LogP contribution in [0.4, 0.5) is 0 Å². The van der Waals surface area contributed by atoms with E-state index in [0.29, 0.717) is 6.42 Å². The van der Waals surface area contributed by atoms with Gasteiger partial charge in [-0.3, -0.25) is 4.79 Å². The molecule has 12 N–H and O–H groups in total. The van der Waals surface area contributed by atoms with Crippen LogP contribution in [0.5, 0.6) is 0 Å². The highest BCUT2D eigenvalue weighted by molar-refractivity contribution is 5.76. The van der Waals surface area contributed by atoms with E-state index < -0.39 is 124 Å². The van der Waals surface area contributed by atoms with Crippen molar-refractivity contribution in [3.63, 3.8) is 0 Å². The molecule has 0 spiro atoms. The van der Waals surface area contributed by atoms with Crippen LogP contribution < -0.4 is 5.32 Å². The second-order valence-electron chi connectivity index (χ2n) is 22.2. The van der Waals surface area contributed by atoms with Gasteiger partial charge in [-0.2, -0.15) is 0 Å². The van der Waals surface area contributed by atoms with Gasteiger partial charge in [0.15, 0.2) is 18.9 Å². The zero-order chi connectivity index (χ0) is 56.9. The van der Waals surface area contributed by atoms with Gasteiger partial charge in [0.2, 0.25) is 5.91 Å². The summed E-state index contributed by atoms with van der Waals surface area (Å²) in [5.74, 6) is -0.284. The Morgan fingerprint density at radius 2 is 0.808 bits per heavy atom. The molecule has 0 bridgehead atoms. The maximum atomic E-state index is 13.3. The summed E-state index contributed by atoms with van der Waals surface area (Å²) < 4.78 is 34.2. The lowest BCUT2D eigenvalue weighted by Gasteiger charge is -2.48. The Labute approximate surface area is 467 Å². The van der Waals surface area contributed by atoms with Crippen LogP contribution in [0.3, 0.4) is 0 Å². The highest BCUT2D eigenvalue weighted by Crippen LogP contribution is 2.33. The average molecular weight is 1120 g/mol. The lowest BCUT2D eigenvalue weighted by molar-refractivity contribution is -0.379. The van der Waals surface area contributed by atoms with E-state index in [9.17, 15) is 61.0 Å². The number of nitrogens with one attached hydrogen (secondary N) is 1. The van der Waals surface area contributed by atoms with Crippen LogP contribution in [-0.4, -0.2) is 193 Å². The van der Waals surface area contributed by atoms with Gasteiger partial charge in [0.25, 0.3) is 0 Å². The number of ether oxygens (including phenoxy) is 6. The fraction of sp³-hybridized carbons (Fsp3) is 0.915. The number of aliphatic hydroxyl groups excluding tert-OH is 11. The van der Waals surface area contributed by atoms with Crippen LogP contribution in [0.1, 0.15) is 213 Å². The van der Waals surface area contributed by atoms with Crippen molar-refractivity contribution in [1.29, 1.82) is 0 Å². The lowest BCUT2D eigenvalue weighted by Crippen LogP contribution is -2.66. The number of hydrogen-bond donors (Lipinski definition) is 12.